The fraction of sp³-hybridized carbons (Fsp3) is 0.280. The molecule has 1 N–H and O–H groups in total. The zero-order valence-corrected chi connectivity index (χ0v) is 17.5. The molecule has 3 aromatic carbocycles. The number of rotatable bonds is 5. The summed E-state index contributed by atoms with van der Waals surface area (Å²) < 4.78 is 37.8. The lowest BCUT2D eigenvalue weighted by atomic mass is 9.96. The van der Waals surface area contributed by atoms with E-state index >= 15 is 0 Å². The molecule has 5 rings (SSSR count). The van der Waals surface area contributed by atoms with Crippen molar-refractivity contribution in [3.63, 3.8) is 0 Å². The van der Waals surface area contributed by atoms with E-state index in [0.717, 1.165) is 42.9 Å². The van der Waals surface area contributed by atoms with E-state index in [1.807, 2.05) is 6.07 Å². The van der Waals surface area contributed by atoms with Gasteiger partial charge in [-0.05, 0) is 41.5 Å². The Morgan fingerprint density at radius 3 is 1.88 bits per heavy atom. The number of halogens is 2. The average molecular weight is 438 g/mol. The lowest BCUT2D eigenvalue weighted by Gasteiger charge is -2.40. The maximum absolute atomic E-state index is 13.5. The van der Waals surface area contributed by atoms with Gasteiger partial charge in [0.2, 0.25) is 6.79 Å². The van der Waals surface area contributed by atoms with Gasteiger partial charge in [-0.1, -0.05) is 24.3 Å². The van der Waals surface area contributed by atoms with Crippen LogP contribution in [0.15, 0.2) is 60.7 Å². The lowest BCUT2D eigenvalue weighted by Crippen LogP contribution is -2.47. The number of fused-ring (bicyclic) bond motifs is 1. The summed E-state index contributed by atoms with van der Waals surface area (Å²) in [6.45, 7) is 3.94. The third kappa shape index (κ3) is 4.26. The molecule has 32 heavy (non-hydrogen) atoms. The summed E-state index contributed by atoms with van der Waals surface area (Å²) in [5.41, 5.74) is 2.75. The van der Waals surface area contributed by atoms with E-state index in [-0.39, 0.29) is 30.2 Å². The minimum Gasteiger partial charge on any atom is -0.507 e. The Morgan fingerprint density at radius 1 is 0.781 bits per heavy atom. The summed E-state index contributed by atoms with van der Waals surface area (Å²) >= 11 is 0. The molecule has 0 spiro atoms. The van der Waals surface area contributed by atoms with Crippen molar-refractivity contribution >= 4 is 0 Å². The van der Waals surface area contributed by atoms with Gasteiger partial charge in [0.15, 0.2) is 11.5 Å². The van der Waals surface area contributed by atoms with Gasteiger partial charge in [0.1, 0.15) is 17.4 Å². The van der Waals surface area contributed by atoms with E-state index < -0.39 is 0 Å². The Labute approximate surface area is 185 Å². The molecule has 0 saturated carbocycles. The van der Waals surface area contributed by atoms with E-state index in [2.05, 4.69) is 9.80 Å². The second kappa shape index (κ2) is 8.76. The monoisotopic (exact) mass is 438 g/mol. The summed E-state index contributed by atoms with van der Waals surface area (Å²) in [4.78, 5) is 4.61. The molecule has 0 aliphatic carbocycles. The summed E-state index contributed by atoms with van der Waals surface area (Å²) in [6, 6.07) is 16.4. The van der Waals surface area contributed by atoms with Gasteiger partial charge in [0, 0.05) is 44.4 Å². The van der Waals surface area contributed by atoms with Crippen LogP contribution in [0.5, 0.6) is 17.2 Å². The van der Waals surface area contributed by atoms with Crippen LogP contribution in [0.2, 0.25) is 0 Å². The molecule has 1 fully saturated rings. The van der Waals surface area contributed by atoms with E-state index in [0.29, 0.717) is 18.0 Å². The Morgan fingerprint density at radius 2 is 1.31 bits per heavy atom. The minimum atomic E-state index is -0.278. The van der Waals surface area contributed by atoms with Crippen molar-refractivity contribution < 1.29 is 23.4 Å². The first-order chi connectivity index (χ1) is 15.6. The van der Waals surface area contributed by atoms with Crippen molar-refractivity contribution in [1.82, 2.24) is 9.80 Å². The number of hydrogen-bond acceptors (Lipinski definition) is 5. The molecule has 0 bridgehead atoms. The number of phenols is 1. The van der Waals surface area contributed by atoms with Crippen molar-refractivity contribution in [1.29, 1.82) is 0 Å². The van der Waals surface area contributed by atoms with E-state index in [1.165, 1.54) is 24.3 Å². The highest BCUT2D eigenvalue weighted by molar-refractivity contribution is 5.51. The zero-order valence-electron chi connectivity index (χ0n) is 17.5. The molecule has 2 aliphatic rings. The van der Waals surface area contributed by atoms with Gasteiger partial charge in [-0.2, -0.15) is 0 Å². The number of ether oxygens (including phenoxy) is 2. The van der Waals surface area contributed by atoms with Crippen molar-refractivity contribution in [2.75, 3.05) is 33.0 Å². The number of benzene rings is 3. The Hall–Kier alpha value is -3.16. The molecule has 166 valence electrons. The first kappa shape index (κ1) is 20.7. The summed E-state index contributed by atoms with van der Waals surface area (Å²) in [6.07, 6.45) is 0. The predicted octanol–water partition coefficient (Wildman–Crippen LogP) is 4.31. The van der Waals surface area contributed by atoms with Crippen LogP contribution in [-0.2, 0) is 6.54 Å². The van der Waals surface area contributed by atoms with Gasteiger partial charge in [0.05, 0.1) is 6.04 Å². The van der Waals surface area contributed by atoms with Gasteiger partial charge in [-0.15, -0.1) is 0 Å². The summed E-state index contributed by atoms with van der Waals surface area (Å²) in [5.74, 6) is 0.869. The number of aromatic hydroxyl groups is 1. The third-order valence-electron chi connectivity index (χ3n) is 6.11. The van der Waals surface area contributed by atoms with Crippen LogP contribution < -0.4 is 9.47 Å². The van der Waals surface area contributed by atoms with Gasteiger partial charge < -0.3 is 14.6 Å². The van der Waals surface area contributed by atoms with Crippen molar-refractivity contribution in [3.8, 4) is 17.2 Å². The molecule has 5 nitrogen and oxygen atoms in total. The van der Waals surface area contributed by atoms with Crippen LogP contribution in [0.4, 0.5) is 8.78 Å². The highest BCUT2D eigenvalue weighted by atomic mass is 19.1. The highest BCUT2D eigenvalue weighted by Gasteiger charge is 2.27. The molecule has 0 aromatic heterocycles. The number of phenolic OH excluding ortho intramolecular Hbond substituents is 1. The Bertz CT molecular complexity index is 1040. The van der Waals surface area contributed by atoms with E-state index in [1.54, 1.807) is 30.3 Å². The van der Waals surface area contributed by atoms with Gasteiger partial charge in [0.25, 0.3) is 0 Å². The maximum Gasteiger partial charge on any atom is 0.231 e. The quantitative estimate of drug-likeness (QED) is 0.643. The van der Waals surface area contributed by atoms with Crippen LogP contribution in [-0.4, -0.2) is 47.9 Å². The molecule has 0 amide bonds. The standard InChI is InChI=1S/C25H24F2N2O3/c26-20-5-1-17(2-6-20)25(18-3-7-21(27)8-4-18)29-11-9-28(10-12-29)15-19-13-23-24(14-22(19)30)32-16-31-23/h1-8,13-14,25,30H,9-12,15-16H2. The average Bonchev–Trinajstić information content (AvgIpc) is 3.25. The molecular formula is C25H24F2N2O3. The molecule has 0 atom stereocenters. The second-order valence-corrected chi connectivity index (χ2v) is 8.15. The number of nitrogens with zero attached hydrogens (tertiary/aromatic N) is 2. The lowest BCUT2D eigenvalue weighted by molar-refractivity contribution is 0.104. The molecule has 0 unspecified atom stereocenters. The van der Waals surface area contributed by atoms with Crippen LogP contribution in [0, 0.1) is 11.6 Å². The fourth-order valence-corrected chi connectivity index (χ4v) is 4.42. The predicted molar refractivity (Wildman–Crippen MR) is 116 cm³/mol. The molecule has 2 aliphatic heterocycles. The third-order valence-corrected chi connectivity index (χ3v) is 6.11. The van der Waals surface area contributed by atoms with Crippen molar-refractivity contribution in [3.05, 3.63) is 89.0 Å². The van der Waals surface area contributed by atoms with Gasteiger partial charge >= 0.3 is 0 Å². The molecule has 1 saturated heterocycles. The van der Waals surface area contributed by atoms with E-state index in [9.17, 15) is 13.9 Å². The van der Waals surface area contributed by atoms with Crippen molar-refractivity contribution in [2.45, 2.75) is 12.6 Å². The van der Waals surface area contributed by atoms with Gasteiger partial charge in [-0.25, -0.2) is 8.78 Å². The van der Waals surface area contributed by atoms with Crippen LogP contribution in [0.25, 0.3) is 0 Å². The summed E-state index contributed by atoms with van der Waals surface area (Å²) in [5, 5.41) is 10.4. The van der Waals surface area contributed by atoms with Crippen LogP contribution >= 0.6 is 0 Å². The minimum absolute atomic E-state index is 0.0858. The fourth-order valence-electron chi connectivity index (χ4n) is 4.42. The second-order valence-electron chi connectivity index (χ2n) is 8.15. The Balaban J connectivity index is 1.31. The van der Waals surface area contributed by atoms with Crippen LogP contribution in [0.1, 0.15) is 22.7 Å². The molecular weight excluding hydrogens is 414 g/mol. The maximum atomic E-state index is 13.5. The van der Waals surface area contributed by atoms with Crippen LogP contribution in [0.3, 0.4) is 0 Å². The Kier molecular flexibility index (Phi) is 5.68. The largest absolute Gasteiger partial charge is 0.507 e. The molecule has 7 heteroatoms. The zero-order chi connectivity index (χ0) is 22.1. The normalized spacial score (nSPS) is 16.6. The molecule has 0 radical (unpaired) electrons. The summed E-state index contributed by atoms with van der Waals surface area (Å²) in [7, 11) is 0. The van der Waals surface area contributed by atoms with Crippen molar-refractivity contribution in [2.24, 2.45) is 0 Å². The van der Waals surface area contributed by atoms with Gasteiger partial charge in [-0.3, -0.25) is 9.80 Å². The van der Waals surface area contributed by atoms with E-state index in [4.69, 9.17) is 9.47 Å². The SMILES string of the molecule is Oc1cc2c(cc1CN1CCN(C(c3ccc(F)cc3)c3ccc(F)cc3)CC1)OCO2. The topological polar surface area (TPSA) is 45.2 Å². The number of hydrogen-bond donors (Lipinski definition) is 1. The smallest absolute Gasteiger partial charge is 0.231 e. The first-order valence-electron chi connectivity index (χ1n) is 10.7. The molecule has 3 aromatic rings. The highest BCUT2D eigenvalue weighted by Crippen LogP contribution is 2.38. The first-order valence-corrected chi connectivity index (χ1v) is 10.7. The molecule has 2 heterocycles. The number of piperazine rings is 1.